The first-order chi connectivity index (χ1) is 10.1. The lowest BCUT2D eigenvalue weighted by molar-refractivity contribution is -0.139. The van der Waals surface area contributed by atoms with Gasteiger partial charge in [0.25, 0.3) is 0 Å². The van der Waals surface area contributed by atoms with Crippen molar-refractivity contribution in [2.24, 2.45) is 0 Å². The second-order valence-corrected chi connectivity index (χ2v) is 6.06. The molecule has 1 aromatic rings. The van der Waals surface area contributed by atoms with Crippen LogP contribution in [-0.4, -0.2) is 39.7 Å². The van der Waals surface area contributed by atoms with Gasteiger partial charge in [0.05, 0.1) is 6.54 Å². The number of carboxylic acids is 1. The Labute approximate surface area is 126 Å². The summed E-state index contributed by atoms with van der Waals surface area (Å²) < 4.78 is 0. The molecule has 0 radical (unpaired) electrons. The molecule has 0 bridgehead atoms. The monoisotopic (exact) mass is 291 g/mol. The van der Waals surface area contributed by atoms with Gasteiger partial charge < -0.3 is 10.2 Å². The van der Waals surface area contributed by atoms with E-state index in [9.17, 15) is 9.90 Å². The Morgan fingerprint density at radius 1 is 1.29 bits per heavy atom. The van der Waals surface area contributed by atoms with Crippen LogP contribution in [0.1, 0.15) is 44.6 Å². The van der Waals surface area contributed by atoms with E-state index in [1.807, 2.05) is 12.1 Å². The van der Waals surface area contributed by atoms with Crippen LogP contribution in [0.15, 0.2) is 24.3 Å². The van der Waals surface area contributed by atoms with E-state index in [2.05, 4.69) is 11.8 Å². The van der Waals surface area contributed by atoms with Gasteiger partial charge in [0.2, 0.25) is 0 Å². The highest BCUT2D eigenvalue weighted by atomic mass is 16.4. The summed E-state index contributed by atoms with van der Waals surface area (Å²) in [4.78, 5) is 13.3. The number of benzene rings is 1. The molecule has 1 aliphatic carbocycles. The average Bonchev–Trinajstić information content (AvgIpc) is 2.97. The van der Waals surface area contributed by atoms with E-state index in [1.165, 1.54) is 18.4 Å². The van der Waals surface area contributed by atoms with Crippen molar-refractivity contribution in [2.75, 3.05) is 6.54 Å². The van der Waals surface area contributed by atoms with Gasteiger partial charge in [-0.25, -0.2) is 0 Å². The molecule has 116 valence electrons. The van der Waals surface area contributed by atoms with E-state index in [4.69, 9.17) is 5.11 Å². The number of carbonyl (C=O) groups is 1. The van der Waals surface area contributed by atoms with Crippen LogP contribution in [0.4, 0.5) is 0 Å². The van der Waals surface area contributed by atoms with Gasteiger partial charge in [-0.05, 0) is 50.3 Å². The van der Waals surface area contributed by atoms with Crippen molar-refractivity contribution in [2.45, 2.75) is 57.5 Å². The summed E-state index contributed by atoms with van der Waals surface area (Å²) in [5.41, 5.74) is 1.18. The highest BCUT2D eigenvalue weighted by Crippen LogP contribution is 2.26. The van der Waals surface area contributed by atoms with E-state index in [-0.39, 0.29) is 18.3 Å². The third-order valence-electron chi connectivity index (χ3n) is 4.46. The maximum Gasteiger partial charge on any atom is 0.317 e. The number of hydrogen-bond acceptors (Lipinski definition) is 3. The van der Waals surface area contributed by atoms with Crippen LogP contribution in [0.3, 0.4) is 0 Å². The fraction of sp³-hybridized carbons (Fsp3) is 0.588. The highest BCUT2D eigenvalue weighted by Gasteiger charge is 2.27. The largest absolute Gasteiger partial charge is 0.508 e. The summed E-state index contributed by atoms with van der Waals surface area (Å²) in [6, 6.07) is 7.95. The zero-order chi connectivity index (χ0) is 15.2. The molecule has 0 aromatic heterocycles. The first-order valence-electron chi connectivity index (χ1n) is 7.81. The minimum atomic E-state index is -0.738. The Hall–Kier alpha value is -1.55. The normalized spacial score (nSPS) is 17.2. The number of aliphatic carboxylic acids is 1. The van der Waals surface area contributed by atoms with Crippen LogP contribution < -0.4 is 0 Å². The van der Waals surface area contributed by atoms with E-state index >= 15 is 0 Å². The smallest absolute Gasteiger partial charge is 0.317 e. The molecular formula is C17H25NO3. The molecule has 1 aromatic carbocycles. The zero-order valence-electron chi connectivity index (χ0n) is 12.7. The topological polar surface area (TPSA) is 60.8 Å². The van der Waals surface area contributed by atoms with Gasteiger partial charge in [-0.3, -0.25) is 9.69 Å². The fourth-order valence-corrected chi connectivity index (χ4v) is 3.24. The summed E-state index contributed by atoms with van der Waals surface area (Å²) in [7, 11) is 0. The van der Waals surface area contributed by atoms with Gasteiger partial charge in [-0.1, -0.05) is 25.0 Å². The van der Waals surface area contributed by atoms with Crippen LogP contribution in [-0.2, 0) is 11.2 Å². The predicted molar refractivity (Wildman–Crippen MR) is 82.5 cm³/mol. The minimum Gasteiger partial charge on any atom is -0.508 e. The fourth-order valence-electron chi connectivity index (χ4n) is 3.24. The molecule has 2 rings (SSSR count). The third-order valence-corrected chi connectivity index (χ3v) is 4.46. The van der Waals surface area contributed by atoms with E-state index in [0.717, 1.165) is 25.7 Å². The molecule has 0 spiro atoms. The second kappa shape index (κ2) is 7.46. The molecule has 0 saturated heterocycles. The van der Waals surface area contributed by atoms with Crippen molar-refractivity contribution < 1.29 is 15.0 Å². The van der Waals surface area contributed by atoms with Crippen LogP contribution in [0.25, 0.3) is 0 Å². The third kappa shape index (κ3) is 4.74. The Morgan fingerprint density at radius 3 is 2.48 bits per heavy atom. The number of aromatic hydroxyl groups is 1. The minimum absolute atomic E-state index is 0.140. The lowest BCUT2D eigenvalue weighted by Crippen LogP contribution is -2.43. The molecule has 0 amide bonds. The molecule has 1 fully saturated rings. The van der Waals surface area contributed by atoms with Crippen LogP contribution in [0.2, 0.25) is 0 Å². The summed E-state index contributed by atoms with van der Waals surface area (Å²) in [6.07, 6.45) is 6.52. The molecule has 4 nitrogen and oxygen atoms in total. The maximum absolute atomic E-state index is 11.1. The van der Waals surface area contributed by atoms with Gasteiger partial charge in [0.1, 0.15) is 5.75 Å². The lowest BCUT2D eigenvalue weighted by atomic mass is 10.0. The SMILES string of the molecule is CC(CCc1ccc(O)cc1)N(CC(=O)O)C1CCCC1. The van der Waals surface area contributed by atoms with E-state index < -0.39 is 5.97 Å². The summed E-state index contributed by atoms with van der Waals surface area (Å²) in [5, 5.41) is 18.4. The number of phenols is 1. The first kappa shape index (κ1) is 15.8. The van der Waals surface area contributed by atoms with Gasteiger partial charge in [-0.2, -0.15) is 0 Å². The molecule has 0 heterocycles. The zero-order valence-corrected chi connectivity index (χ0v) is 12.7. The van der Waals surface area contributed by atoms with Gasteiger partial charge in [0.15, 0.2) is 0 Å². The Morgan fingerprint density at radius 2 is 1.90 bits per heavy atom. The van der Waals surface area contributed by atoms with Crippen LogP contribution in [0, 0.1) is 0 Å². The number of nitrogens with zero attached hydrogens (tertiary/aromatic N) is 1. The van der Waals surface area contributed by atoms with Crippen molar-refractivity contribution >= 4 is 5.97 Å². The highest BCUT2D eigenvalue weighted by molar-refractivity contribution is 5.69. The number of carboxylic acid groups (broad SMARTS) is 1. The van der Waals surface area contributed by atoms with Crippen molar-refractivity contribution in [3.05, 3.63) is 29.8 Å². The number of aryl methyl sites for hydroxylation is 1. The first-order valence-corrected chi connectivity index (χ1v) is 7.81. The van der Waals surface area contributed by atoms with Crippen molar-refractivity contribution in [3.63, 3.8) is 0 Å². The lowest BCUT2D eigenvalue weighted by Gasteiger charge is -2.33. The van der Waals surface area contributed by atoms with Gasteiger partial charge in [-0.15, -0.1) is 0 Å². The Kier molecular flexibility index (Phi) is 5.62. The van der Waals surface area contributed by atoms with Crippen LogP contribution >= 0.6 is 0 Å². The van der Waals surface area contributed by atoms with E-state index in [0.29, 0.717) is 6.04 Å². The van der Waals surface area contributed by atoms with Crippen molar-refractivity contribution in [1.82, 2.24) is 4.90 Å². The number of phenolic OH excluding ortho intramolecular Hbond substituents is 1. The quantitative estimate of drug-likeness (QED) is 0.810. The standard InChI is InChI=1S/C17H25NO3/c1-13(6-7-14-8-10-16(19)11-9-14)18(12-17(20)21)15-4-2-3-5-15/h8-11,13,15,19H,2-7,12H2,1H3,(H,20,21). The Bertz CT molecular complexity index is 452. The number of rotatable bonds is 7. The molecule has 2 N–H and O–H groups in total. The second-order valence-electron chi connectivity index (χ2n) is 6.06. The van der Waals surface area contributed by atoms with E-state index in [1.54, 1.807) is 12.1 Å². The summed E-state index contributed by atoms with van der Waals surface area (Å²) >= 11 is 0. The van der Waals surface area contributed by atoms with Gasteiger partial charge in [0, 0.05) is 12.1 Å². The molecule has 1 unspecified atom stereocenters. The van der Waals surface area contributed by atoms with Crippen LogP contribution in [0.5, 0.6) is 5.75 Å². The maximum atomic E-state index is 11.1. The average molecular weight is 291 g/mol. The predicted octanol–water partition coefficient (Wildman–Crippen LogP) is 3.04. The van der Waals surface area contributed by atoms with Crippen molar-refractivity contribution in [1.29, 1.82) is 0 Å². The Balaban J connectivity index is 1.92. The molecule has 0 aliphatic heterocycles. The molecular weight excluding hydrogens is 266 g/mol. The van der Waals surface area contributed by atoms with Crippen molar-refractivity contribution in [3.8, 4) is 5.75 Å². The molecule has 21 heavy (non-hydrogen) atoms. The molecule has 1 atom stereocenters. The molecule has 4 heteroatoms. The molecule has 1 saturated carbocycles. The molecule has 1 aliphatic rings. The van der Waals surface area contributed by atoms with Gasteiger partial charge >= 0.3 is 5.97 Å². The summed E-state index contributed by atoms with van der Waals surface area (Å²) in [6.45, 7) is 2.27. The summed E-state index contributed by atoms with van der Waals surface area (Å²) in [5.74, 6) is -0.455. The number of hydrogen-bond donors (Lipinski definition) is 2.